The van der Waals surface area contributed by atoms with Gasteiger partial charge in [0, 0.05) is 17.3 Å². The Balaban J connectivity index is 1.48. The molecule has 2 aromatic carbocycles. The maximum Gasteiger partial charge on any atom is 0.304 e. The number of nitrogens with zero attached hydrogens (tertiary/aromatic N) is 3. The number of aryl methyl sites for hydroxylation is 2. The zero-order chi connectivity index (χ0) is 23.4. The van der Waals surface area contributed by atoms with Crippen molar-refractivity contribution in [3.8, 4) is 29.0 Å². The van der Waals surface area contributed by atoms with Crippen molar-refractivity contribution in [2.24, 2.45) is 0 Å². The van der Waals surface area contributed by atoms with E-state index >= 15 is 0 Å². The lowest BCUT2D eigenvalue weighted by molar-refractivity contribution is -0.137. The van der Waals surface area contributed by atoms with E-state index in [9.17, 15) is 4.79 Å². The van der Waals surface area contributed by atoms with Crippen molar-refractivity contribution >= 4 is 11.6 Å². The molecule has 0 saturated heterocycles. The maximum atomic E-state index is 11.1. The van der Waals surface area contributed by atoms with E-state index in [1.54, 1.807) is 11.4 Å². The molecule has 0 aliphatic heterocycles. The predicted octanol–water partition coefficient (Wildman–Crippen LogP) is 5.17. The molecule has 4 rings (SSSR count). The molecule has 1 N–H and O–H groups in total. The lowest BCUT2D eigenvalue weighted by Gasteiger charge is -2.11. The first-order valence-corrected chi connectivity index (χ1v) is 10.7. The molecule has 6 heteroatoms. The summed E-state index contributed by atoms with van der Waals surface area (Å²) in [5.41, 5.74) is 5.96. The van der Waals surface area contributed by atoms with E-state index in [-0.39, 0.29) is 12.3 Å². The number of benzene rings is 2. The Hall–Kier alpha value is -4.11. The number of carboxylic acid groups (broad SMARTS) is 1. The van der Waals surface area contributed by atoms with Gasteiger partial charge < -0.3 is 9.84 Å². The number of aromatic nitrogens is 3. The first-order valence-electron chi connectivity index (χ1n) is 10.7. The first kappa shape index (κ1) is 22.1. The average Bonchev–Trinajstić information content (AvgIpc) is 3.20. The highest BCUT2D eigenvalue weighted by Crippen LogP contribution is 2.25. The van der Waals surface area contributed by atoms with Gasteiger partial charge in [0.05, 0.1) is 12.3 Å². The number of aliphatic carboxylic acids is 1. The highest BCUT2D eigenvalue weighted by Gasteiger charge is 2.14. The van der Waals surface area contributed by atoms with Gasteiger partial charge in [-0.1, -0.05) is 42.3 Å². The quantitative estimate of drug-likeness (QED) is 0.402. The van der Waals surface area contributed by atoms with Crippen LogP contribution in [0.15, 0.2) is 60.8 Å². The van der Waals surface area contributed by atoms with Crippen molar-refractivity contribution < 1.29 is 14.6 Å². The summed E-state index contributed by atoms with van der Waals surface area (Å²) in [6.07, 6.45) is 1.90. The lowest BCUT2D eigenvalue weighted by Crippen LogP contribution is -2.04. The molecule has 6 nitrogen and oxygen atoms in total. The number of hydrogen-bond acceptors (Lipinski definition) is 4. The van der Waals surface area contributed by atoms with Gasteiger partial charge in [0.15, 0.2) is 11.5 Å². The summed E-state index contributed by atoms with van der Waals surface area (Å²) in [6, 6.07) is 17.5. The Morgan fingerprint density at radius 3 is 2.48 bits per heavy atom. The second-order valence-electron chi connectivity index (χ2n) is 7.94. The number of rotatable bonds is 7. The number of carbonyl (C=O) groups is 1. The molecule has 0 saturated carbocycles. The van der Waals surface area contributed by atoms with Crippen LogP contribution in [0.25, 0.3) is 17.0 Å². The first-order chi connectivity index (χ1) is 15.9. The minimum atomic E-state index is -0.868. The van der Waals surface area contributed by atoms with Crippen molar-refractivity contribution in [3.63, 3.8) is 0 Å². The monoisotopic (exact) mass is 439 g/mol. The zero-order valence-electron chi connectivity index (χ0n) is 18.9. The van der Waals surface area contributed by atoms with Crippen molar-refractivity contribution in [1.29, 1.82) is 0 Å². The van der Waals surface area contributed by atoms with Crippen LogP contribution in [0.3, 0.4) is 0 Å². The van der Waals surface area contributed by atoms with Gasteiger partial charge in [-0.15, -0.1) is 11.0 Å². The normalized spacial score (nSPS) is 11.6. The van der Waals surface area contributed by atoms with Crippen LogP contribution in [0.4, 0.5) is 0 Å². The fourth-order valence-corrected chi connectivity index (χ4v) is 3.85. The summed E-state index contributed by atoms with van der Waals surface area (Å²) < 4.78 is 7.71. The summed E-state index contributed by atoms with van der Waals surface area (Å²) in [5.74, 6) is 5.98. The zero-order valence-corrected chi connectivity index (χ0v) is 18.9. The molecule has 2 aromatic heterocycles. The fourth-order valence-electron chi connectivity index (χ4n) is 3.85. The van der Waals surface area contributed by atoms with Gasteiger partial charge in [0.25, 0.3) is 0 Å². The van der Waals surface area contributed by atoms with Gasteiger partial charge in [0.1, 0.15) is 12.4 Å². The minimum absolute atomic E-state index is 0.0248. The number of fused-ring (bicyclic) bond motifs is 1. The molecule has 0 radical (unpaired) electrons. The standard InChI is InChI=1S/C27H25N3O3/c1-4-6-22(15-25(31)32)21-10-12-23(13-11-21)33-17-20-9-14-24-28-27(29-30(24)16-20)26-18(2)7-5-8-19(26)3/h5,7-14,16,22H,15,17H2,1-3H3,(H,31,32). The van der Waals surface area contributed by atoms with Gasteiger partial charge in [-0.05, 0) is 55.7 Å². The second kappa shape index (κ2) is 9.58. The van der Waals surface area contributed by atoms with Gasteiger partial charge in [-0.2, -0.15) is 0 Å². The van der Waals surface area contributed by atoms with E-state index in [1.165, 1.54) is 0 Å². The van der Waals surface area contributed by atoms with Crippen LogP contribution in [0, 0.1) is 25.7 Å². The van der Waals surface area contributed by atoms with E-state index in [0.29, 0.717) is 18.2 Å². The van der Waals surface area contributed by atoms with Crippen LogP contribution < -0.4 is 4.74 Å². The topological polar surface area (TPSA) is 76.7 Å². The summed E-state index contributed by atoms with van der Waals surface area (Å²) in [4.78, 5) is 15.8. The Kier molecular flexibility index (Phi) is 6.41. The third kappa shape index (κ3) is 5.04. The number of carboxylic acids is 1. The van der Waals surface area contributed by atoms with E-state index in [0.717, 1.165) is 33.5 Å². The van der Waals surface area contributed by atoms with E-state index in [2.05, 4.69) is 47.9 Å². The van der Waals surface area contributed by atoms with Gasteiger partial charge in [-0.25, -0.2) is 9.50 Å². The van der Waals surface area contributed by atoms with E-state index < -0.39 is 5.97 Å². The maximum absolute atomic E-state index is 11.1. The van der Waals surface area contributed by atoms with Crippen LogP contribution in [-0.4, -0.2) is 25.7 Å². The molecule has 166 valence electrons. The molecular formula is C27H25N3O3. The average molecular weight is 440 g/mol. The summed E-state index contributed by atoms with van der Waals surface area (Å²) in [5, 5.41) is 13.8. The van der Waals surface area contributed by atoms with Crippen LogP contribution in [-0.2, 0) is 11.4 Å². The molecule has 33 heavy (non-hydrogen) atoms. The summed E-state index contributed by atoms with van der Waals surface area (Å²) >= 11 is 0. The molecule has 1 atom stereocenters. The molecule has 0 amide bonds. The molecule has 4 aromatic rings. The Bertz CT molecular complexity index is 1340. The minimum Gasteiger partial charge on any atom is -0.489 e. The van der Waals surface area contributed by atoms with Gasteiger partial charge in [-0.3, -0.25) is 4.79 Å². The van der Waals surface area contributed by atoms with Crippen LogP contribution in [0.2, 0.25) is 0 Å². The largest absolute Gasteiger partial charge is 0.489 e. The van der Waals surface area contributed by atoms with Crippen LogP contribution >= 0.6 is 0 Å². The smallest absolute Gasteiger partial charge is 0.304 e. The highest BCUT2D eigenvalue weighted by atomic mass is 16.5. The van der Waals surface area contributed by atoms with Gasteiger partial charge in [0.2, 0.25) is 0 Å². The molecule has 0 aliphatic carbocycles. The molecule has 0 bridgehead atoms. The molecule has 0 spiro atoms. The molecular weight excluding hydrogens is 414 g/mol. The molecule has 2 heterocycles. The Morgan fingerprint density at radius 1 is 1.09 bits per heavy atom. The molecule has 0 fully saturated rings. The van der Waals surface area contributed by atoms with Gasteiger partial charge >= 0.3 is 5.97 Å². The van der Waals surface area contributed by atoms with E-state index in [4.69, 9.17) is 9.84 Å². The van der Waals surface area contributed by atoms with Crippen molar-refractivity contribution in [2.45, 2.75) is 39.7 Å². The summed E-state index contributed by atoms with van der Waals surface area (Å²) in [7, 11) is 0. The Morgan fingerprint density at radius 2 is 1.82 bits per heavy atom. The lowest BCUT2D eigenvalue weighted by atomic mass is 9.96. The second-order valence-corrected chi connectivity index (χ2v) is 7.94. The van der Waals surface area contributed by atoms with Crippen molar-refractivity contribution in [2.75, 3.05) is 0 Å². The van der Waals surface area contributed by atoms with E-state index in [1.807, 2.05) is 48.7 Å². The van der Waals surface area contributed by atoms with Crippen molar-refractivity contribution in [3.05, 3.63) is 83.0 Å². The third-order valence-electron chi connectivity index (χ3n) is 5.48. The highest BCUT2D eigenvalue weighted by molar-refractivity contribution is 5.69. The fraction of sp³-hybridized carbons (Fsp3) is 0.222. The number of ether oxygens (including phenoxy) is 1. The number of pyridine rings is 1. The van der Waals surface area contributed by atoms with Crippen LogP contribution in [0.1, 0.15) is 41.5 Å². The molecule has 1 unspecified atom stereocenters. The third-order valence-corrected chi connectivity index (χ3v) is 5.48. The molecule has 0 aliphatic rings. The number of hydrogen-bond donors (Lipinski definition) is 1. The van der Waals surface area contributed by atoms with Crippen LogP contribution in [0.5, 0.6) is 5.75 Å². The SMILES string of the molecule is CC#CC(CC(=O)O)c1ccc(OCc2ccc3nc(-c4c(C)cccc4C)nn3c2)cc1. The predicted molar refractivity (Wildman–Crippen MR) is 127 cm³/mol. The Labute approximate surface area is 192 Å². The van der Waals surface area contributed by atoms with Crippen molar-refractivity contribution in [1.82, 2.24) is 14.6 Å². The summed E-state index contributed by atoms with van der Waals surface area (Å²) in [6.45, 7) is 6.22.